The molecule has 9 nitrogen and oxygen atoms in total. The van der Waals surface area contributed by atoms with Gasteiger partial charge in [0.15, 0.2) is 0 Å². The highest BCUT2D eigenvalue weighted by atomic mass is 16.5. The normalized spacial score (nSPS) is 10.7. The fourth-order valence-corrected chi connectivity index (χ4v) is 4.21. The van der Waals surface area contributed by atoms with Crippen molar-refractivity contribution in [1.82, 2.24) is 0 Å². The number of hydrogen-bond donors (Lipinski definition) is 0. The summed E-state index contributed by atoms with van der Waals surface area (Å²) in [7, 11) is 0. The summed E-state index contributed by atoms with van der Waals surface area (Å²) in [6.45, 7) is 12.0. The standard InChI is InChI=1S/C34H36O9/c1-21(2)31(36)40-16-8-6-10-24-18-26(11-7-9-17-41-32(37)22(3)4)30-27(19-24)20-29(34(39)43-30)25-12-14-28(15-13-25)42-33(38)23(5)35/h12-15,18-20H,1,3,6-11,16-17H2,2,4-5H3. The lowest BCUT2D eigenvalue weighted by Crippen LogP contribution is -2.16. The molecule has 1 aromatic heterocycles. The Morgan fingerprint density at radius 1 is 0.744 bits per heavy atom. The maximum atomic E-state index is 13.1. The summed E-state index contributed by atoms with van der Waals surface area (Å²) < 4.78 is 21.2. The molecule has 2 aromatic carbocycles. The number of hydrogen-bond acceptors (Lipinski definition) is 9. The van der Waals surface area contributed by atoms with Crippen LogP contribution in [0.5, 0.6) is 5.75 Å². The van der Waals surface area contributed by atoms with E-state index in [0.717, 1.165) is 29.9 Å². The molecule has 0 aliphatic heterocycles. The Bertz CT molecular complexity index is 1590. The lowest BCUT2D eigenvalue weighted by molar-refractivity contribution is -0.146. The molecular weight excluding hydrogens is 552 g/mol. The number of unbranched alkanes of at least 4 members (excludes halogenated alkanes) is 2. The molecule has 0 fully saturated rings. The minimum absolute atomic E-state index is 0.182. The van der Waals surface area contributed by atoms with Gasteiger partial charge in [-0.2, -0.15) is 0 Å². The van der Waals surface area contributed by atoms with E-state index in [0.29, 0.717) is 66.6 Å². The van der Waals surface area contributed by atoms with E-state index in [9.17, 15) is 24.0 Å². The molecule has 0 N–H and O–H groups in total. The van der Waals surface area contributed by atoms with E-state index in [1.54, 1.807) is 32.0 Å². The van der Waals surface area contributed by atoms with E-state index in [-0.39, 0.29) is 12.4 Å². The van der Waals surface area contributed by atoms with Crippen molar-refractivity contribution in [2.45, 2.75) is 59.3 Å². The first-order valence-corrected chi connectivity index (χ1v) is 14.0. The van der Waals surface area contributed by atoms with Gasteiger partial charge < -0.3 is 18.6 Å². The van der Waals surface area contributed by atoms with Crippen molar-refractivity contribution in [1.29, 1.82) is 0 Å². The molecule has 0 bridgehead atoms. The van der Waals surface area contributed by atoms with Gasteiger partial charge in [0, 0.05) is 23.5 Å². The van der Waals surface area contributed by atoms with Crippen molar-refractivity contribution < 1.29 is 37.8 Å². The average Bonchev–Trinajstić information content (AvgIpc) is 2.96. The van der Waals surface area contributed by atoms with E-state index in [1.165, 1.54) is 12.1 Å². The van der Waals surface area contributed by atoms with E-state index in [2.05, 4.69) is 13.2 Å². The van der Waals surface area contributed by atoms with Gasteiger partial charge >= 0.3 is 23.5 Å². The van der Waals surface area contributed by atoms with E-state index in [1.807, 2.05) is 12.1 Å². The number of aryl methyl sites for hydroxylation is 2. The monoisotopic (exact) mass is 588 g/mol. The Balaban J connectivity index is 1.83. The van der Waals surface area contributed by atoms with Crippen molar-refractivity contribution in [3.8, 4) is 16.9 Å². The molecule has 9 heteroatoms. The summed E-state index contributed by atoms with van der Waals surface area (Å²) in [6, 6.07) is 12.0. The molecule has 0 atom stereocenters. The Kier molecular flexibility index (Phi) is 11.8. The van der Waals surface area contributed by atoms with Crippen LogP contribution in [0, 0.1) is 0 Å². The predicted molar refractivity (Wildman–Crippen MR) is 162 cm³/mol. The molecule has 0 spiro atoms. The van der Waals surface area contributed by atoms with Crippen LogP contribution in [-0.2, 0) is 41.5 Å². The van der Waals surface area contributed by atoms with Crippen LogP contribution in [0.3, 0.4) is 0 Å². The Morgan fingerprint density at radius 2 is 1.33 bits per heavy atom. The molecule has 0 aliphatic rings. The van der Waals surface area contributed by atoms with Crippen molar-refractivity contribution in [2.24, 2.45) is 0 Å². The lowest BCUT2D eigenvalue weighted by Gasteiger charge is -2.12. The van der Waals surface area contributed by atoms with Gasteiger partial charge in [-0.1, -0.05) is 31.4 Å². The topological polar surface area (TPSA) is 126 Å². The molecule has 0 aliphatic carbocycles. The van der Waals surface area contributed by atoms with Crippen LogP contribution in [-0.4, -0.2) is 36.9 Å². The third-order valence-corrected chi connectivity index (χ3v) is 6.50. The molecule has 0 amide bonds. The van der Waals surface area contributed by atoms with Gasteiger partial charge in [-0.15, -0.1) is 0 Å². The van der Waals surface area contributed by atoms with Crippen LogP contribution in [0.2, 0.25) is 0 Å². The van der Waals surface area contributed by atoms with Crippen LogP contribution in [0.25, 0.3) is 22.1 Å². The van der Waals surface area contributed by atoms with Gasteiger partial charge in [-0.25, -0.2) is 19.2 Å². The molecule has 1 heterocycles. The number of ketones is 1. The van der Waals surface area contributed by atoms with E-state index < -0.39 is 29.3 Å². The third kappa shape index (κ3) is 9.63. The summed E-state index contributed by atoms with van der Waals surface area (Å²) in [5.74, 6) is -2.34. The largest absolute Gasteiger partial charge is 0.462 e. The van der Waals surface area contributed by atoms with E-state index in [4.69, 9.17) is 18.6 Å². The van der Waals surface area contributed by atoms with Gasteiger partial charge in [0.25, 0.3) is 0 Å². The molecule has 226 valence electrons. The van der Waals surface area contributed by atoms with Crippen LogP contribution in [0.1, 0.15) is 57.6 Å². The number of fused-ring (bicyclic) bond motifs is 1. The predicted octanol–water partition coefficient (Wildman–Crippen LogP) is 5.84. The molecule has 43 heavy (non-hydrogen) atoms. The lowest BCUT2D eigenvalue weighted by atomic mass is 9.97. The zero-order valence-electron chi connectivity index (χ0n) is 24.8. The van der Waals surface area contributed by atoms with Gasteiger partial charge in [-0.05, 0) is 93.3 Å². The molecular formula is C34H36O9. The summed E-state index contributed by atoms with van der Waals surface area (Å²) in [4.78, 5) is 59.1. The number of carbonyl (C=O) groups is 4. The van der Waals surface area contributed by atoms with Gasteiger partial charge in [-0.3, -0.25) is 4.79 Å². The molecule has 0 unspecified atom stereocenters. The van der Waals surface area contributed by atoms with Crippen molar-refractivity contribution in [3.63, 3.8) is 0 Å². The summed E-state index contributed by atoms with van der Waals surface area (Å²) in [5, 5.41) is 0.747. The Labute approximate surface area is 250 Å². The number of ether oxygens (including phenoxy) is 3. The summed E-state index contributed by atoms with van der Waals surface area (Å²) in [5.41, 5.74) is 3.46. The molecule has 0 saturated carbocycles. The quantitative estimate of drug-likeness (QED) is 0.0537. The first kappa shape index (κ1) is 32.7. The van der Waals surface area contributed by atoms with Crippen molar-refractivity contribution >= 4 is 34.7 Å². The smallest absolute Gasteiger partial charge is 0.379 e. The fraction of sp³-hybridized carbons (Fsp3) is 0.324. The zero-order valence-corrected chi connectivity index (χ0v) is 24.8. The molecule has 3 aromatic rings. The number of carbonyl (C=O) groups excluding carboxylic acids is 4. The first-order valence-electron chi connectivity index (χ1n) is 14.0. The SMILES string of the molecule is C=C(C)C(=O)OCCCCc1cc(CCCCOC(=O)C(=C)C)c2oc(=O)c(-c3ccc(OC(=O)C(C)=O)cc3)cc2c1. The second-order valence-corrected chi connectivity index (χ2v) is 10.3. The van der Waals surface area contributed by atoms with Gasteiger partial charge in [0.1, 0.15) is 11.3 Å². The summed E-state index contributed by atoms with van der Waals surface area (Å²) in [6.07, 6.45) is 4.09. The minimum atomic E-state index is -0.971. The van der Waals surface area contributed by atoms with Crippen LogP contribution in [0.4, 0.5) is 0 Å². The maximum Gasteiger partial charge on any atom is 0.379 e. The maximum absolute atomic E-state index is 13.1. The average molecular weight is 589 g/mol. The van der Waals surface area contributed by atoms with Gasteiger partial charge in [0.05, 0.1) is 18.8 Å². The van der Waals surface area contributed by atoms with E-state index >= 15 is 0 Å². The van der Waals surface area contributed by atoms with Crippen molar-refractivity contribution in [3.05, 3.63) is 88.3 Å². The Hall–Kier alpha value is -4.79. The number of rotatable bonds is 15. The Morgan fingerprint density at radius 3 is 1.88 bits per heavy atom. The number of benzene rings is 2. The second kappa shape index (κ2) is 15.4. The van der Waals surface area contributed by atoms with Crippen molar-refractivity contribution in [2.75, 3.05) is 13.2 Å². The minimum Gasteiger partial charge on any atom is -0.462 e. The fourth-order valence-electron chi connectivity index (χ4n) is 4.21. The molecule has 3 rings (SSSR count). The highest BCUT2D eigenvalue weighted by molar-refractivity contribution is 6.33. The highest BCUT2D eigenvalue weighted by Crippen LogP contribution is 2.28. The third-order valence-electron chi connectivity index (χ3n) is 6.50. The summed E-state index contributed by atoms with van der Waals surface area (Å²) >= 11 is 0. The molecule has 0 radical (unpaired) electrons. The zero-order chi connectivity index (χ0) is 31.5. The second-order valence-electron chi connectivity index (χ2n) is 10.3. The van der Waals surface area contributed by atoms with Crippen LogP contribution in [0.15, 0.2) is 76.0 Å². The van der Waals surface area contributed by atoms with Crippen LogP contribution < -0.4 is 10.4 Å². The molecule has 0 saturated heterocycles. The van der Waals surface area contributed by atoms with Gasteiger partial charge in [0.2, 0.25) is 5.78 Å². The first-order chi connectivity index (χ1) is 20.5. The van der Waals surface area contributed by atoms with Crippen LogP contribution >= 0.6 is 0 Å². The highest BCUT2D eigenvalue weighted by Gasteiger charge is 2.15. The number of esters is 3. The number of Topliss-reactive ketones (excluding diaryl/α,β-unsaturated/α-hetero) is 1.